The largest absolute Gasteiger partial charge is 0.356 e. The van der Waals surface area contributed by atoms with Crippen LogP contribution < -0.4 is 10.6 Å². The molecular formula is C17H24BrFIN5. The Labute approximate surface area is 173 Å². The first-order valence-corrected chi connectivity index (χ1v) is 8.59. The number of guanidine groups is 1. The summed E-state index contributed by atoms with van der Waals surface area (Å²) in [5.74, 6) is 0.498. The Balaban J connectivity index is 0.00000312. The van der Waals surface area contributed by atoms with Crippen molar-refractivity contribution in [1.82, 2.24) is 20.4 Å². The minimum Gasteiger partial charge on any atom is -0.356 e. The predicted molar refractivity (Wildman–Crippen MR) is 114 cm³/mol. The summed E-state index contributed by atoms with van der Waals surface area (Å²) < 4.78 is 16.5. The van der Waals surface area contributed by atoms with E-state index in [2.05, 4.69) is 36.7 Å². The molecule has 0 aliphatic heterocycles. The van der Waals surface area contributed by atoms with E-state index in [1.54, 1.807) is 19.2 Å². The minimum absolute atomic E-state index is 0. The van der Waals surface area contributed by atoms with Gasteiger partial charge >= 0.3 is 0 Å². The first-order chi connectivity index (χ1) is 11.4. The van der Waals surface area contributed by atoms with Crippen molar-refractivity contribution in [3.8, 4) is 0 Å². The molecular weight excluding hydrogens is 500 g/mol. The van der Waals surface area contributed by atoms with Gasteiger partial charge < -0.3 is 10.6 Å². The Bertz CT molecular complexity index is 745. The maximum atomic E-state index is 13.7. The van der Waals surface area contributed by atoms with Crippen LogP contribution in [0.1, 0.15) is 22.5 Å². The van der Waals surface area contributed by atoms with E-state index in [-0.39, 0.29) is 29.8 Å². The van der Waals surface area contributed by atoms with Crippen molar-refractivity contribution in [2.45, 2.75) is 26.8 Å². The van der Waals surface area contributed by atoms with Crippen molar-refractivity contribution in [3.63, 3.8) is 0 Å². The molecule has 0 saturated heterocycles. The van der Waals surface area contributed by atoms with Crippen molar-refractivity contribution in [3.05, 3.63) is 51.0 Å². The van der Waals surface area contributed by atoms with Gasteiger partial charge in [0, 0.05) is 42.9 Å². The van der Waals surface area contributed by atoms with Crippen LogP contribution in [0.3, 0.4) is 0 Å². The number of benzene rings is 1. The van der Waals surface area contributed by atoms with Crippen molar-refractivity contribution < 1.29 is 4.39 Å². The average Bonchev–Trinajstić information content (AvgIpc) is 2.79. The lowest BCUT2D eigenvalue weighted by molar-refractivity contribution is 0.606. The second-order valence-corrected chi connectivity index (χ2v) is 6.53. The van der Waals surface area contributed by atoms with Gasteiger partial charge in [-0.25, -0.2) is 4.39 Å². The van der Waals surface area contributed by atoms with Crippen molar-refractivity contribution in [2.24, 2.45) is 12.0 Å². The fraction of sp³-hybridized carbons (Fsp3) is 0.412. The number of rotatable bonds is 5. The molecule has 0 aliphatic rings. The molecule has 0 saturated carbocycles. The number of aliphatic imine (C=N–C) groups is 1. The molecule has 138 valence electrons. The maximum Gasteiger partial charge on any atom is 0.191 e. The zero-order chi connectivity index (χ0) is 17.7. The molecule has 0 amide bonds. The third-order valence-electron chi connectivity index (χ3n) is 4.01. The van der Waals surface area contributed by atoms with Gasteiger partial charge in [-0.1, -0.05) is 15.9 Å². The lowest BCUT2D eigenvalue weighted by Gasteiger charge is -2.12. The third kappa shape index (κ3) is 5.95. The topological polar surface area (TPSA) is 54.2 Å². The summed E-state index contributed by atoms with van der Waals surface area (Å²) in [6.07, 6.45) is 0.580. The number of aromatic nitrogens is 2. The van der Waals surface area contributed by atoms with Crippen LogP contribution in [0.15, 0.2) is 27.7 Å². The Hall–Kier alpha value is -1.16. The number of hydrogen-bond acceptors (Lipinski definition) is 2. The van der Waals surface area contributed by atoms with Gasteiger partial charge in [0.15, 0.2) is 5.96 Å². The van der Waals surface area contributed by atoms with E-state index in [9.17, 15) is 4.39 Å². The zero-order valence-corrected chi connectivity index (χ0v) is 18.8. The van der Waals surface area contributed by atoms with Crippen LogP contribution in [0, 0.1) is 19.7 Å². The predicted octanol–water partition coefficient (Wildman–Crippen LogP) is 3.46. The van der Waals surface area contributed by atoms with Crippen molar-refractivity contribution >= 4 is 45.9 Å². The Morgan fingerprint density at radius 2 is 2.04 bits per heavy atom. The molecule has 0 bridgehead atoms. The van der Waals surface area contributed by atoms with Gasteiger partial charge in [0.1, 0.15) is 5.82 Å². The molecule has 1 aromatic carbocycles. The maximum absolute atomic E-state index is 13.7. The van der Waals surface area contributed by atoms with Gasteiger partial charge in [0.25, 0.3) is 0 Å². The number of aryl methyl sites for hydroxylation is 2. The normalized spacial score (nSPS) is 11.2. The van der Waals surface area contributed by atoms with Gasteiger partial charge in [-0.3, -0.25) is 9.67 Å². The molecule has 0 unspecified atom stereocenters. The van der Waals surface area contributed by atoms with Gasteiger partial charge in [0.2, 0.25) is 0 Å². The van der Waals surface area contributed by atoms with Crippen LogP contribution in [-0.4, -0.2) is 29.3 Å². The molecule has 5 nitrogen and oxygen atoms in total. The number of halogens is 3. The fourth-order valence-corrected chi connectivity index (χ4v) is 2.92. The zero-order valence-electron chi connectivity index (χ0n) is 14.9. The number of nitrogens with one attached hydrogen (secondary N) is 2. The number of nitrogens with zero attached hydrogens (tertiary/aromatic N) is 3. The summed E-state index contributed by atoms with van der Waals surface area (Å²) in [5, 5.41) is 10.9. The van der Waals surface area contributed by atoms with Crippen LogP contribution in [0.25, 0.3) is 0 Å². The van der Waals surface area contributed by atoms with E-state index in [4.69, 9.17) is 0 Å². The average molecular weight is 524 g/mol. The van der Waals surface area contributed by atoms with Crippen LogP contribution in [0.5, 0.6) is 0 Å². The monoisotopic (exact) mass is 523 g/mol. The Morgan fingerprint density at radius 1 is 1.32 bits per heavy atom. The second kappa shape index (κ2) is 10.1. The summed E-state index contributed by atoms with van der Waals surface area (Å²) in [6.45, 7) is 5.29. The molecule has 0 fully saturated rings. The van der Waals surface area contributed by atoms with Crippen LogP contribution in [0.4, 0.5) is 4.39 Å². The van der Waals surface area contributed by atoms with E-state index in [0.29, 0.717) is 31.0 Å². The van der Waals surface area contributed by atoms with Crippen LogP contribution in [-0.2, 0) is 20.0 Å². The van der Waals surface area contributed by atoms with E-state index in [0.717, 1.165) is 15.9 Å². The summed E-state index contributed by atoms with van der Waals surface area (Å²) in [7, 11) is 3.66. The molecule has 1 aromatic heterocycles. The molecule has 2 rings (SSSR count). The first-order valence-electron chi connectivity index (χ1n) is 7.80. The molecule has 25 heavy (non-hydrogen) atoms. The Kier molecular flexibility index (Phi) is 8.84. The molecule has 0 aliphatic carbocycles. The van der Waals surface area contributed by atoms with Gasteiger partial charge in [-0.2, -0.15) is 5.10 Å². The highest BCUT2D eigenvalue weighted by Crippen LogP contribution is 2.15. The molecule has 0 radical (unpaired) electrons. The molecule has 1 heterocycles. The first kappa shape index (κ1) is 21.9. The quantitative estimate of drug-likeness (QED) is 0.358. The van der Waals surface area contributed by atoms with Crippen molar-refractivity contribution in [2.75, 3.05) is 13.6 Å². The second-order valence-electron chi connectivity index (χ2n) is 5.61. The fourth-order valence-electron chi connectivity index (χ4n) is 2.52. The summed E-state index contributed by atoms with van der Waals surface area (Å²) >= 11 is 3.37. The molecule has 0 spiro atoms. The van der Waals surface area contributed by atoms with Gasteiger partial charge in [0.05, 0.1) is 5.69 Å². The SMILES string of the molecule is CN=C(NCCc1cc(Br)ccc1F)NCc1c(C)nn(C)c1C.I. The highest BCUT2D eigenvalue weighted by Gasteiger charge is 2.10. The van der Waals surface area contributed by atoms with Crippen molar-refractivity contribution in [1.29, 1.82) is 0 Å². The van der Waals surface area contributed by atoms with Crippen LogP contribution >= 0.6 is 39.9 Å². The minimum atomic E-state index is -0.190. The number of hydrogen-bond donors (Lipinski definition) is 2. The van der Waals surface area contributed by atoms with E-state index < -0.39 is 0 Å². The molecule has 2 N–H and O–H groups in total. The van der Waals surface area contributed by atoms with E-state index in [1.807, 2.05) is 25.6 Å². The summed E-state index contributed by atoms with van der Waals surface area (Å²) in [5.41, 5.74) is 3.98. The standard InChI is InChI=1S/C17H23BrFN5.HI/c1-11-15(12(2)24(4)23-11)10-22-17(20-3)21-8-7-13-9-14(18)5-6-16(13)19;/h5-6,9H,7-8,10H2,1-4H3,(H2,20,21,22);1H. The third-order valence-corrected chi connectivity index (χ3v) is 4.50. The molecule has 8 heteroatoms. The summed E-state index contributed by atoms with van der Waals surface area (Å²) in [4.78, 5) is 4.20. The van der Waals surface area contributed by atoms with E-state index in [1.165, 1.54) is 11.6 Å². The Morgan fingerprint density at radius 3 is 2.64 bits per heavy atom. The van der Waals surface area contributed by atoms with E-state index >= 15 is 0 Å². The van der Waals surface area contributed by atoms with Gasteiger partial charge in [-0.15, -0.1) is 24.0 Å². The molecule has 2 aromatic rings. The lowest BCUT2D eigenvalue weighted by atomic mass is 10.1. The highest BCUT2D eigenvalue weighted by molar-refractivity contribution is 14.0. The van der Waals surface area contributed by atoms with Gasteiger partial charge in [-0.05, 0) is 44.0 Å². The molecule has 0 atom stereocenters. The lowest BCUT2D eigenvalue weighted by Crippen LogP contribution is -2.38. The highest BCUT2D eigenvalue weighted by atomic mass is 127. The van der Waals surface area contributed by atoms with Crippen LogP contribution in [0.2, 0.25) is 0 Å². The smallest absolute Gasteiger partial charge is 0.191 e. The summed E-state index contributed by atoms with van der Waals surface area (Å²) in [6, 6.07) is 4.97.